The third kappa shape index (κ3) is 3.33. The Labute approximate surface area is 109 Å². The Bertz CT molecular complexity index is 391. The average molecular weight is 247 g/mol. The molecule has 0 N–H and O–H groups in total. The number of rotatable bonds is 3. The van der Waals surface area contributed by atoms with Crippen molar-refractivity contribution in [3.05, 3.63) is 35.9 Å². The van der Waals surface area contributed by atoms with Gasteiger partial charge < -0.3 is 9.64 Å². The SMILES string of the molecule is CC1CN(C(=O)CC(C)c2ccccc2)CCO1. The maximum atomic E-state index is 12.2. The number of hydrogen-bond donors (Lipinski definition) is 0. The molecular formula is C15H21NO2. The highest BCUT2D eigenvalue weighted by atomic mass is 16.5. The summed E-state index contributed by atoms with van der Waals surface area (Å²) in [4.78, 5) is 14.1. The number of nitrogens with zero attached hydrogens (tertiary/aromatic N) is 1. The van der Waals surface area contributed by atoms with E-state index < -0.39 is 0 Å². The minimum absolute atomic E-state index is 0.162. The molecule has 0 aliphatic carbocycles. The highest BCUT2D eigenvalue weighted by Crippen LogP contribution is 2.20. The van der Waals surface area contributed by atoms with Crippen LogP contribution in [0.1, 0.15) is 31.7 Å². The van der Waals surface area contributed by atoms with Crippen molar-refractivity contribution in [2.75, 3.05) is 19.7 Å². The van der Waals surface area contributed by atoms with Gasteiger partial charge in [-0.25, -0.2) is 0 Å². The molecule has 0 aromatic heterocycles. The number of carbonyl (C=O) groups excluding carboxylic acids is 1. The minimum atomic E-state index is 0.162. The average Bonchev–Trinajstić information content (AvgIpc) is 2.39. The van der Waals surface area contributed by atoms with E-state index in [1.54, 1.807) is 0 Å². The lowest BCUT2D eigenvalue weighted by molar-refractivity contribution is -0.138. The Morgan fingerprint density at radius 2 is 2.17 bits per heavy atom. The third-order valence-electron chi connectivity index (χ3n) is 3.44. The van der Waals surface area contributed by atoms with Crippen molar-refractivity contribution < 1.29 is 9.53 Å². The van der Waals surface area contributed by atoms with Crippen LogP contribution in [0.15, 0.2) is 30.3 Å². The third-order valence-corrected chi connectivity index (χ3v) is 3.44. The lowest BCUT2D eigenvalue weighted by Crippen LogP contribution is -2.44. The van der Waals surface area contributed by atoms with Crippen LogP contribution in [-0.4, -0.2) is 36.6 Å². The minimum Gasteiger partial charge on any atom is -0.375 e. The van der Waals surface area contributed by atoms with Crippen LogP contribution in [0, 0.1) is 0 Å². The van der Waals surface area contributed by atoms with E-state index in [-0.39, 0.29) is 17.9 Å². The molecule has 1 amide bonds. The summed E-state index contributed by atoms with van der Waals surface area (Å²) in [5.41, 5.74) is 1.23. The fraction of sp³-hybridized carbons (Fsp3) is 0.533. The molecule has 0 radical (unpaired) electrons. The van der Waals surface area contributed by atoms with E-state index in [4.69, 9.17) is 4.74 Å². The lowest BCUT2D eigenvalue weighted by Gasteiger charge is -2.32. The lowest BCUT2D eigenvalue weighted by atomic mass is 9.97. The molecule has 0 bridgehead atoms. The molecule has 1 aliphatic heterocycles. The molecule has 3 nitrogen and oxygen atoms in total. The molecule has 1 aliphatic rings. The van der Waals surface area contributed by atoms with Crippen LogP contribution >= 0.6 is 0 Å². The Morgan fingerprint density at radius 1 is 1.44 bits per heavy atom. The van der Waals surface area contributed by atoms with Crippen LogP contribution in [0.4, 0.5) is 0 Å². The molecule has 2 unspecified atom stereocenters. The molecule has 2 rings (SSSR count). The largest absolute Gasteiger partial charge is 0.375 e. The maximum Gasteiger partial charge on any atom is 0.223 e. The van der Waals surface area contributed by atoms with E-state index >= 15 is 0 Å². The first kappa shape index (κ1) is 13.1. The van der Waals surface area contributed by atoms with Crippen LogP contribution in [-0.2, 0) is 9.53 Å². The number of morpholine rings is 1. The van der Waals surface area contributed by atoms with Crippen molar-refractivity contribution in [2.24, 2.45) is 0 Å². The molecule has 1 aromatic rings. The number of carbonyl (C=O) groups is 1. The standard InChI is InChI=1S/C15H21NO2/c1-12(14-6-4-3-5-7-14)10-15(17)16-8-9-18-13(2)11-16/h3-7,12-13H,8-11H2,1-2H3. The van der Waals surface area contributed by atoms with Gasteiger partial charge in [0.1, 0.15) is 0 Å². The van der Waals surface area contributed by atoms with Gasteiger partial charge in [0.05, 0.1) is 12.7 Å². The van der Waals surface area contributed by atoms with Gasteiger partial charge in [0, 0.05) is 19.5 Å². The molecule has 2 atom stereocenters. The summed E-state index contributed by atoms with van der Waals surface area (Å²) in [7, 11) is 0. The van der Waals surface area contributed by atoms with Crippen molar-refractivity contribution in [2.45, 2.75) is 32.3 Å². The van der Waals surface area contributed by atoms with Gasteiger partial charge in [0.15, 0.2) is 0 Å². The fourth-order valence-electron chi connectivity index (χ4n) is 2.34. The van der Waals surface area contributed by atoms with Gasteiger partial charge in [-0.2, -0.15) is 0 Å². The predicted octanol–water partition coefficient (Wildman–Crippen LogP) is 2.43. The Balaban J connectivity index is 1.91. The van der Waals surface area contributed by atoms with Gasteiger partial charge in [0.2, 0.25) is 5.91 Å². The van der Waals surface area contributed by atoms with Gasteiger partial charge in [-0.3, -0.25) is 4.79 Å². The molecule has 18 heavy (non-hydrogen) atoms. The normalized spacial score (nSPS) is 21.7. The molecule has 1 heterocycles. The number of amides is 1. The van der Waals surface area contributed by atoms with E-state index in [1.807, 2.05) is 30.0 Å². The second-order valence-electron chi connectivity index (χ2n) is 5.04. The van der Waals surface area contributed by atoms with Crippen molar-refractivity contribution in [3.8, 4) is 0 Å². The molecule has 3 heteroatoms. The summed E-state index contributed by atoms with van der Waals surface area (Å²) >= 11 is 0. The molecule has 1 aromatic carbocycles. The first-order valence-corrected chi connectivity index (χ1v) is 6.61. The topological polar surface area (TPSA) is 29.5 Å². The zero-order chi connectivity index (χ0) is 13.0. The number of benzene rings is 1. The van der Waals surface area contributed by atoms with E-state index in [0.717, 1.165) is 13.1 Å². The first-order valence-electron chi connectivity index (χ1n) is 6.61. The summed E-state index contributed by atoms with van der Waals surface area (Å²) in [6.07, 6.45) is 0.742. The zero-order valence-electron chi connectivity index (χ0n) is 11.1. The smallest absolute Gasteiger partial charge is 0.223 e. The quantitative estimate of drug-likeness (QED) is 0.821. The number of ether oxygens (including phenoxy) is 1. The van der Waals surface area contributed by atoms with Crippen molar-refractivity contribution >= 4 is 5.91 Å². The molecule has 1 fully saturated rings. The van der Waals surface area contributed by atoms with Crippen LogP contribution in [0.5, 0.6) is 0 Å². The van der Waals surface area contributed by atoms with Gasteiger partial charge >= 0.3 is 0 Å². The summed E-state index contributed by atoms with van der Waals surface area (Å²) in [6.45, 7) is 6.23. The maximum absolute atomic E-state index is 12.2. The van der Waals surface area contributed by atoms with Crippen molar-refractivity contribution in [1.29, 1.82) is 0 Å². The Kier molecular flexibility index (Phi) is 4.37. The summed E-state index contributed by atoms with van der Waals surface area (Å²) in [5.74, 6) is 0.512. The number of hydrogen-bond acceptors (Lipinski definition) is 2. The van der Waals surface area contributed by atoms with Crippen LogP contribution in [0.3, 0.4) is 0 Å². The molecule has 98 valence electrons. The van der Waals surface area contributed by atoms with Gasteiger partial charge in [-0.05, 0) is 18.4 Å². The molecule has 0 saturated carbocycles. The first-order chi connectivity index (χ1) is 8.66. The molecule has 1 saturated heterocycles. The van der Waals surface area contributed by atoms with E-state index in [9.17, 15) is 4.79 Å². The molecular weight excluding hydrogens is 226 g/mol. The summed E-state index contributed by atoms with van der Waals surface area (Å²) < 4.78 is 5.45. The van der Waals surface area contributed by atoms with E-state index in [2.05, 4.69) is 19.1 Å². The van der Waals surface area contributed by atoms with Crippen molar-refractivity contribution in [1.82, 2.24) is 4.90 Å². The van der Waals surface area contributed by atoms with E-state index in [1.165, 1.54) is 5.56 Å². The summed E-state index contributed by atoms with van der Waals surface area (Å²) in [5, 5.41) is 0. The van der Waals surface area contributed by atoms with Crippen LogP contribution in [0.25, 0.3) is 0 Å². The fourth-order valence-corrected chi connectivity index (χ4v) is 2.34. The highest BCUT2D eigenvalue weighted by Gasteiger charge is 2.22. The molecule has 0 spiro atoms. The monoisotopic (exact) mass is 247 g/mol. The Morgan fingerprint density at radius 3 is 2.83 bits per heavy atom. The second kappa shape index (κ2) is 6.01. The van der Waals surface area contributed by atoms with Gasteiger partial charge in [-0.15, -0.1) is 0 Å². The van der Waals surface area contributed by atoms with Crippen LogP contribution in [0.2, 0.25) is 0 Å². The van der Waals surface area contributed by atoms with E-state index in [0.29, 0.717) is 13.0 Å². The van der Waals surface area contributed by atoms with Crippen molar-refractivity contribution in [3.63, 3.8) is 0 Å². The zero-order valence-corrected chi connectivity index (χ0v) is 11.1. The van der Waals surface area contributed by atoms with Gasteiger partial charge in [-0.1, -0.05) is 37.3 Å². The summed E-state index contributed by atoms with van der Waals surface area (Å²) in [6, 6.07) is 10.2. The highest BCUT2D eigenvalue weighted by molar-refractivity contribution is 5.77. The second-order valence-corrected chi connectivity index (χ2v) is 5.04. The van der Waals surface area contributed by atoms with Crippen LogP contribution < -0.4 is 0 Å². The van der Waals surface area contributed by atoms with Gasteiger partial charge in [0.25, 0.3) is 0 Å². The predicted molar refractivity (Wildman–Crippen MR) is 71.5 cm³/mol. The Hall–Kier alpha value is -1.35.